The summed E-state index contributed by atoms with van der Waals surface area (Å²) in [6, 6.07) is 0. The van der Waals surface area contributed by atoms with Crippen LogP contribution in [0.1, 0.15) is 32.1 Å². The SMILES string of the molecule is I.NC(=NCC1CCC1)NCCOCC1CCCO1. The van der Waals surface area contributed by atoms with Gasteiger partial charge in [0.2, 0.25) is 0 Å². The molecule has 1 atom stereocenters. The minimum absolute atomic E-state index is 0. The maximum atomic E-state index is 5.76. The number of guanidine groups is 1. The Morgan fingerprint density at radius 1 is 1.32 bits per heavy atom. The number of rotatable bonds is 7. The quantitative estimate of drug-likeness (QED) is 0.303. The monoisotopic (exact) mass is 383 g/mol. The molecule has 0 spiro atoms. The van der Waals surface area contributed by atoms with Gasteiger partial charge >= 0.3 is 0 Å². The van der Waals surface area contributed by atoms with Crippen molar-refractivity contribution in [2.75, 3.05) is 32.9 Å². The van der Waals surface area contributed by atoms with Gasteiger partial charge in [0.25, 0.3) is 0 Å². The Kier molecular flexibility index (Phi) is 8.72. The zero-order valence-electron chi connectivity index (χ0n) is 11.5. The van der Waals surface area contributed by atoms with Gasteiger partial charge in [-0.15, -0.1) is 24.0 Å². The summed E-state index contributed by atoms with van der Waals surface area (Å²) >= 11 is 0. The molecule has 1 heterocycles. The molecular weight excluding hydrogens is 357 g/mol. The van der Waals surface area contributed by atoms with Gasteiger partial charge in [-0.05, 0) is 31.6 Å². The van der Waals surface area contributed by atoms with Gasteiger partial charge in [-0.25, -0.2) is 0 Å². The molecule has 19 heavy (non-hydrogen) atoms. The van der Waals surface area contributed by atoms with Crippen LogP contribution in [0, 0.1) is 5.92 Å². The van der Waals surface area contributed by atoms with Crippen LogP contribution in [0.5, 0.6) is 0 Å². The smallest absolute Gasteiger partial charge is 0.188 e. The number of nitrogens with two attached hydrogens (primary N) is 1. The standard InChI is InChI=1S/C13H25N3O2.HI/c14-13(16-9-11-3-1-4-11)15-6-8-17-10-12-5-2-7-18-12;/h11-12H,1-10H2,(H3,14,15,16);1H. The topological polar surface area (TPSA) is 68.9 Å². The highest BCUT2D eigenvalue weighted by Crippen LogP contribution is 2.26. The van der Waals surface area contributed by atoms with Crippen LogP contribution in [0.15, 0.2) is 4.99 Å². The van der Waals surface area contributed by atoms with E-state index in [-0.39, 0.29) is 24.0 Å². The Morgan fingerprint density at radius 2 is 2.16 bits per heavy atom. The van der Waals surface area contributed by atoms with Gasteiger partial charge in [-0.1, -0.05) is 6.42 Å². The molecule has 2 aliphatic rings. The molecule has 0 aromatic carbocycles. The lowest BCUT2D eigenvalue weighted by Gasteiger charge is -2.23. The molecule has 6 heteroatoms. The number of ether oxygens (including phenoxy) is 2. The summed E-state index contributed by atoms with van der Waals surface area (Å²) in [5.74, 6) is 1.31. The highest BCUT2D eigenvalue weighted by molar-refractivity contribution is 14.0. The molecule has 1 aliphatic heterocycles. The number of hydrogen-bond donors (Lipinski definition) is 2. The van der Waals surface area contributed by atoms with Gasteiger partial charge in [0.15, 0.2) is 5.96 Å². The summed E-state index contributed by atoms with van der Waals surface area (Å²) in [7, 11) is 0. The Hall–Kier alpha value is -0.0800. The van der Waals surface area contributed by atoms with Crippen molar-refractivity contribution in [3.05, 3.63) is 0 Å². The van der Waals surface area contributed by atoms with Crippen LogP contribution in [-0.2, 0) is 9.47 Å². The number of nitrogens with one attached hydrogen (secondary N) is 1. The first-order valence-corrected chi connectivity index (χ1v) is 7.08. The largest absolute Gasteiger partial charge is 0.377 e. The fourth-order valence-corrected chi connectivity index (χ4v) is 2.20. The van der Waals surface area contributed by atoms with Gasteiger partial charge in [-0.3, -0.25) is 4.99 Å². The molecule has 1 aliphatic carbocycles. The van der Waals surface area contributed by atoms with E-state index in [2.05, 4.69) is 10.3 Å². The normalized spacial score (nSPS) is 23.8. The maximum absolute atomic E-state index is 5.76. The molecule has 3 N–H and O–H groups in total. The Labute approximate surface area is 132 Å². The van der Waals surface area contributed by atoms with E-state index in [1.165, 1.54) is 19.3 Å². The first-order chi connectivity index (χ1) is 8.84. The second-order valence-corrected chi connectivity index (χ2v) is 5.16. The van der Waals surface area contributed by atoms with Crippen LogP contribution in [-0.4, -0.2) is 45.0 Å². The lowest BCUT2D eigenvalue weighted by atomic mass is 9.86. The number of nitrogens with zero attached hydrogens (tertiary/aromatic N) is 1. The molecule has 0 bridgehead atoms. The first kappa shape index (κ1) is 17.0. The third-order valence-corrected chi connectivity index (χ3v) is 3.62. The highest BCUT2D eigenvalue weighted by atomic mass is 127. The molecule has 0 radical (unpaired) electrons. The average molecular weight is 383 g/mol. The van der Waals surface area contributed by atoms with E-state index in [1.54, 1.807) is 0 Å². The molecule has 0 aromatic rings. The molecule has 1 unspecified atom stereocenters. The molecular formula is C13H26IN3O2. The summed E-state index contributed by atoms with van der Waals surface area (Å²) in [6.07, 6.45) is 6.55. The van der Waals surface area contributed by atoms with Crippen LogP contribution in [0.3, 0.4) is 0 Å². The van der Waals surface area contributed by atoms with Crippen molar-refractivity contribution < 1.29 is 9.47 Å². The summed E-state index contributed by atoms with van der Waals surface area (Å²) in [4.78, 5) is 4.32. The zero-order valence-corrected chi connectivity index (χ0v) is 13.8. The second-order valence-electron chi connectivity index (χ2n) is 5.16. The van der Waals surface area contributed by atoms with E-state index in [0.29, 0.717) is 31.8 Å². The summed E-state index contributed by atoms with van der Waals surface area (Å²) < 4.78 is 11.0. The van der Waals surface area contributed by atoms with Crippen molar-refractivity contribution in [3.8, 4) is 0 Å². The number of halogens is 1. The van der Waals surface area contributed by atoms with Gasteiger partial charge in [0.1, 0.15) is 0 Å². The lowest BCUT2D eigenvalue weighted by molar-refractivity contribution is 0.0191. The van der Waals surface area contributed by atoms with Crippen molar-refractivity contribution >= 4 is 29.9 Å². The second kappa shape index (κ2) is 9.77. The van der Waals surface area contributed by atoms with Crippen LogP contribution < -0.4 is 11.1 Å². The molecule has 0 amide bonds. The van der Waals surface area contributed by atoms with Crippen molar-refractivity contribution in [1.82, 2.24) is 5.32 Å². The van der Waals surface area contributed by atoms with Gasteiger partial charge in [0, 0.05) is 19.7 Å². The summed E-state index contributed by atoms with van der Waals surface area (Å²) in [5.41, 5.74) is 5.76. The van der Waals surface area contributed by atoms with E-state index in [0.717, 1.165) is 31.9 Å². The van der Waals surface area contributed by atoms with Gasteiger partial charge in [0.05, 0.1) is 19.3 Å². The highest BCUT2D eigenvalue weighted by Gasteiger charge is 2.16. The third-order valence-electron chi connectivity index (χ3n) is 3.62. The summed E-state index contributed by atoms with van der Waals surface area (Å²) in [6.45, 7) is 3.82. The van der Waals surface area contributed by atoms with Crippen molar-refractivity contribution in [2.45, 2.75) is 38.2 Å². The molecule has 1 saturated heterocycles. The van der Waals surface area contributed by atoms with Crippen molar-refractivity contribution in [1.29, 1.82) is 0 Å². The average Bonchev–Trinajstić information content (AvgIpc) is 2.79. The first-order valence-electron chi connectivity index (χ1n) is 7.08. The Morgan fingerprint density at radius 3 is 2.79 bits per heavy atom. The minimum atomic E-state index is 0. The van der Waals surface area contributed by atoms with Gasteiger partial charge < -0.3 is 20.5 Å². The van der Waals surface area contributed by atoms with E-state index >= 15 is 0 Å². The molecule has 2 rings (SSSR count). The Bertz CT molecular complexity index is 267. The molecule has 5 nitrogen and oxygen atoms in total. The van der Waals surface area contributed by atoms with E-state index in [1.807, 2.05) is 0 Å². The van der Waals surface area contributed by atoms with E-state index in [4.69, 9.17) is 15.2 Å². The van der Waals surface area contributed by atoms with Gasteiger partial charge in [-0.2, -0.15) is 0 Å². The lowest BCUT2D eigenvalue weighted by Crippen LogP contribution is -2.35. The Balaban J connectivity index is 0.00000180. The molecule has 112 valence electrons. The van der Waals surface area contributed by atoms with Crippen LogP contribution in [0.25, 0.3) is 0 Å². The fraction of sp³-hybridized carbons (Fsp3) is 0.923. The van der Waals surface area contributed by atoms with E-state index < -0.39 is 0 Å². The predicted molar refractivity (Wildman–Crippen MR) is 87.0 cm³/mol. The number of aliphatic imine (C=N–C) groups is 1. The van der Waals surface area contributed by atoms with Crippen LogP contribution in [0.2, 0.25) is 0 Å². The maximum Gasteiger partial charge on any atom is 0.188 e. The summed E-state index contributed by atoms with van der Waals surface area (Å²) in [5, 5.41) is 3.07. The van der Waals surface area contributed by atoms with E-state index in [9.17, 15) is 0 Å². The molecule has 0 aromatic heterocycles. The van der Waals surface area contributed by atoms with Crippen LogP contribution in [0.4, 0.5) is 0 Å². The third kappa shape index (κ3) is 6.76. The minimum Gasteiger partial charge on any atom is -0.377 e. The predicted octanol–water partition coefficient (Wildman–Crippen LogP) is 1.50. The molecule has 2 fully saturated rings. The fourth-order valence-electron chi connectivity index (χ4n) is 2.20. The number of hydrogen-bond acceptors (Lipinski definition) is 3. The molecule has 1 saturated carbocycles. The zero-order chi connectivity index (χ0) is 12.6. The van der Waals surface area contributed by atoms with Crippen LogP contribution >= 0.6 is 24.0 Å². The van der Waals surface area contributed by atoms with Crippen molar-refractivity contribution in [3.63, 3.8) is 0 Å². The van der Waals surface area contributed by atoms with Crippen molar-refractivity contribution in [2.24, 2.45) is 16.6 Å².